The van der Waals surface area contributed by atoms with Crippen molar-refractivity contribution in [1.82, 2.24) is 5.32 Å². The van der Waals surface area contributed by atoms with E-state index in [4.69, 9.17) is 5.11 Å². The Morgan fingerprint density at radius 1 is 1.75 bits per heavy atom. The van der Waals surface area contributed by atoms with E-state index in [2.05, 4.69) is 5.32 Å². The molecular weight excluding hydrogens is 106 g/mol. The second-order valence-electron chi connectivity index (χ2n) is 2.15. The number of hydrogen-bond acceptors (Lipinski definition) is 3. The van der Waals surface area contributed by atoms with Gasteiger partial charge in [-0.05, 0) is 13.0 Å². The van der Waals surface area contributed by atoms with Gasteiger partial charge in [0.25, 0.3) is 0 Å². The first kappa shape index (κ1) is 5.72. The van der Waals surface area contributed by atoms with E-state index in [1.807, 2.05) is 0 Å². The molecule has 1 atom stereocenters. The summed E-state index contributed by atoms with van der Waals surface area (Å²) in [6, 6.07) is 0. The van der Waals surface area contributed by atoms with Crippen LogP contribution in [0.3, 0.4) is 0 Å². The van der Waals surface area contributed by atoms with Crippen molar-refractivity contribution in [2.24, 2.45) is 0 Å². The van der Waals surface area contributed by atoms with E-state index in [1.54, 1.807) is 0 Å². The van der Waals surface area contributed by atoms with Gasteiger partial charge in [0.2, 0.25) is 0 Å². The van der Waals surface area contributed by atoms with E-state index in [0.717, 1.165) is 6.54 Å². The number of carbonyl (C=O) groups is 1. The van der Waals surface area contributed by atoms with Crippen molar-refractivity contribution >= 4 is 6.29 Å². The number of aliphatic hydroxyl groups is 1. The van der Waals surface area contributed by atoms with E-state index in [9.17, 15) is 4.79 Å². The molecule has 1 aliphatic rings. The zero-order valence-corrected chi connectivity index (χ0v) is 4.55. The first-order valence-electron chi connectivity index (χ1n) is 2.66. The Labute approximate surface area is 47.7 Å². The van der Waals surface area contributed by atoms with Crippen LogP contribution in [0.1, 0.15) is 6.42 Å². The fourth-order valence-electron chi connectivity index (χ4n) is 0.799. The minimum absolute atomic E-state index is 0.413. The van der Waals surface area contributed by atoms with Gasteiger partial charge in [-0.2, -0.15) is 0 Å². The van der Waals surface area contributed by atoms with Gasteiger partial charge in [0.1, 0.15) is 5.60 Å². The van der Waals surface area contributed by atoms with Crippen LogP contribution in [0, 0.1) is 0 Å². The van der Waals surface area contributed by atoms with Gasteiger partial charge in [-0.15, -0.1) is 0 Å². The fourth-order valence-corrected chi connectivity index (χ4v) is 0.799. The molecule has 46 valence electrons. The predicted molar refractivity (Wildman–Crippen MR) is 28.5 cm³/mol. The largest absolute Gasteiger partial charge is 0.381 e. The summed E-state index contributed by atoms with van der Waals surface area (Å²) in [4.78, 5) is 10.0. The minimum atomic E-state index is -1.06. The van der Waals surface area contributed by atoms with Crippen molar-refractivity contribution in [2.45, 2.75) is 12.0 Å². The van der Waals surface area contributed by atoms with Crippen LogP contribution in [0.15, 0.2) is 0 Å². The molecule has 8 heavy (non-hydrogen) atoms. The molecule has 0 aromatic rings. The predicted octanol–water partition coefficient (Wildman–Crippen LogP) is -1.09. The number of carbonyl (C=O) groups excluding carboxylic acids is 1. The van der Waals surface area contributed by atoms with Crippen molar-refractivity contribution < 1.29 is 9.90 Å². The summed E-state index contributed by atoms with van der Waals surface area (Å²) < 4.78 is 0. The third-order valence-corrected chi connectivity index (χ3v) is 1.39. The van der Waals surface area contributed by atoms with Gasteiger partial charge >= 0.3 is 0 Å². The van der Waals surface area contributed by atoms with Crippen LogP contribution in [-0.4, -0.2) is 30.1 Å². The lowest BCUT2D eigenvalue weighted by molar-refractivity contribution is -0.122. The van der Waals surface area contributed by atoms with Crippen LogP contribution in [-0.2, 0) is 4.79 Å². The van der Waals surface area contributed by atoms with Gasteiger partial charge in [0, 0.05) is 6.54 Å². The van der Waals surface area contributed by atoms with E-state index in [1.165, 1.54) is 0 Å². The molecule has 1 fully saturated rings. The molecule has 1 saturated heterocycles. The Morgan fingerprint density at radius 2 is 2.50 bits per heavy atom. The van der Waals surface area contributed by atoms with Crippen LogP contribution < -0.4 is 5.32 Å². The average Bonchev–Trinajstić information content (AvgIpc) is 2.17. The molecule has 0 amide bonds. The van der Waals surface area contributed by atoms with E-state index in [-0.39, 0.29) is 0 Å². The zero-order chi connectivity index (χ0) is 6.04. The smallest absolute Gasteiger partial charge is 0.152 e. The summed E-state index contributed by atoms with van der Waals surface area (Å²) in [6.07, 6.45) is 1.16. The van der Waals surface area contributed by atoms with Crippen LogP contribution in [0.25, 0.3) is 0 Å². The lowest BCUT2D eigenvalue weighted by Gasteiger charge is -2.09. The Hall–Kier alpha value is -0.410. The lowest BCUT2D eigenvalue weighted by atomic mass is 10.1. The fraction of sp³-hybridized carbons (Fsp3) is 0.800. The van der Waals surface area contributed by atoms with E-state index < -0.39 is 5.60 Å². The molecule has 2 N–H and O–H groups in total. The summed E-state index contributed by atoms with van der Waals surface area (Å²) in [5, 5.41) is 12.0. The molecule has 1 rings (SSSR count). The highest BCUT2D eigenvalue weighted by atomic mass is 16.3. The maximum absolute atomic E-state index is 10.0. The van der Waals surface area contributed by atoms with Crippen molar-refractivity contribution in [3.05, 3.63) is 0 Å². The van der Waals surface area contributed by atoms with E-state index in [0.29, 0.717) is 19.3 Å². The standard InChI is InChI=1S/C5H9NO2/c7-4-5(8)1-2-6-3-5/h4,6,8H,1-3H2. The van der Waals surface area contributed by atoms with Crippen LogP contribution >= 0.6 is 0 Å². The second-order valence-corrected chi connectivity index (χ2v) is 2.15. The maximum atomic E-state index is 10.0. The van der Waals surface area contributed by atoms with Crippen molar-refractivity contribution in [2.75, 3.05) is 13.1 Å². The number of rotatable bonds is 1. The molecule has 0 radical (unpaired) electrons. The molecule has 0 bridgehead atoms. The van der Waals surface area contributed by atoms with Crippen molar-refractivity contribution in [1.29, 1.82) is 0 Å². The monoisotopic (exact) mass is 115 g/mol. The number of hydrogen-bond donors (Lipinski definition) is 2. The molecule has 0 spiro atoms. The van der Waals surface area contributed by atoms with Crippen LogP contribution in [0.5, 0.6) is 0 Å². The Morgan fingerprint density at radius 3 is 2.75 bits per heavy atom. The number of aldehydes is 1. The Balaban J connectivity index is 2.52. The quantitative estimate of drug-likeness (QED) is 0.427. The lowest BCUT2D eigenvalue weighted by Crippen LogP contribution is -2.32. The minimum Gasteiger partial charge on any atom is -0.381 e. The van der Waals surface area contributed by atoms with Gasteiger partial charge in [-0.1, -0.05) is 0 Å². The van der Waals surface area contributed by atoms with Crippen molar-refractivity contribution in [3.8, 4) is 0 Å². The molecule has 1 unspecified atom stereocenters. The first-order chi connectivity index (χ1) is 3.77. The third kappa shape index (κ3) is 0.877. The molecular formula is C5H9NO2. The molecule has 0 aliphatic carbocycles. The second kappa shape index (κ2) is 1.84. The highest BCUT2D eigenvalue weighted by Crippen LogP contribution is 2.09. The summed E-state index contributed by atoms with van der Waals surface area (Å²) >= 11 is 0. The van der Waals surface area contributed by atoms with Crippen LogP contribution in [0.2, 0.25) is 0 Å². The summed E-state index contributed by atoms with van der Waals surface area (Å²) in [5.74, 6) is 0. The normalized spacial score (nSPS) is 37.6. The highest BCUT2D eigenvalue weighted by molar-refractivity contribution is 5.63. The van der Waals surface area contributed by atoms with Gasteiger partial charge in [-0.25, -0.2) is 0 Å². The third-order valence-electron chi connectivity index (χ3n) is 1.39. The zero-order valence-electron chi connectivity index (χ0n) is 4.55. The maximum Gasteiger partial charge on any atom is 0.152 e. The average molecular weight is 115 g/mol. The Bertz CT molecular complexity index is 96.6. The van der Waals surface area contributed by atoms with Gasteiger partial charge < -0.3 is 15.2 Å². The topological polar surface area (TPSA) is 49.3 Å². The number of nitrogens with one attached hydrogen (secondary N) is 1. The molecule has 1 aliphatic heterocycles. The highest BCUT2D eigenvalue weighted by Gasteiger charge is 2.29. The number of β-amino-alcohol motifs (C(OH)–C–C–N with tert-alkyl or cyclic N) is 1. The summed E-state index contributed by atoms with van der Waals surface area (Å²) in [5.41, 5.74) is -1.06. The van der Waals surface area contributed by atoms with Crippen LogP contribution in [0.4, 0.5) is 0 Å². The molecule has 3 nitrogen and oxygen atoms in total. The molecule has 1 heterocycles. The first-order valence-corrected chi connectivity index (χ1v) is 2.66. The summed E-state index contributed by atoms with van der Waals surface area (Å²) in [6.45, 7) is 1.16. The van der Waals surface area contributed by atoms with Gasteiger partial charge in [0.15, 0.2) is 6.29 Å². The van der Waals surface area contributed by atoms with Gasteiger partial charge in [0.05, 0.1) is 0 Å². The van der Waals surface area contributed by atoms with E-state index >= 15 is 0 Å². The Kier molecular flexibility index (Phi) is 1.31. The SMILES string of the molecule is O=CC1(O)CCNC1. The summed E-state index contributed by atoms with van der Waals surface area (Å²) in [7, 11) is 0. The molecule has 0 aromatic heterocycles. The van der Waals surface area contributed by atoms with Gasteiger partial charge in [-0.3, -0.25) is 0 Å². The molecule has 0 aromatic carbocycles. The molecule has 3 heteroatoms. The molecule has 0 saturated carbocycles. The van der Waals surface area contributed by atoms with Crippen molar-refractivity contribution in [3.63, 3.8) is 0 Å².